The van der Waals surface area contributed by atoms with E-state index in [2.05, 4.69) is 20.9 Å². The largest absolute Gasteiger partial charge is 0.478 e. The summed E-state index contributed by atoms with van der Waals surface area (Å²) in [6.07, 6.45) is -1.69. The van der Waals surface area contributed by atoms with Crippen LogP contribution in [0.4, 0.5) is 8.78 Å². The quantitative estimate of drug-likeness (QED) is 0.837. The predicted octanol–water partition coefficient (Wildman–Crippen LogP) is 2.79. The molecule has 0 amide bonds. The molecule has 1 N–H and O–H groups in total. The number of carboxylic acid groups (broad SMARTS) is 1. The molecule has 0 radical (unpaired) electrons. The van der Waals surface area contributed by atoms with Gasteiger partial charge in [0.15, 0.2) is 0 Å². The second-order valence-corrected chi connectivity index (χ2v) is 3.36. The molecule has 1 heterocycles. The van der Waals surface area contributed by atoms with E-state index in [0.717, 1.165) is 6.20 Å². The van der Waals surface area contributed by atoms with E-state index in [1.165, 1.54) is 6.92 Å². The molecule has 1 aromatic heterocycles. The van der Waals surface area contributed by atoms with Crippen molar-refractivity contribution >= 4 is 21.9 Å². The maximum Gasteiger partial charge on any atom is 0.337 e. The molecule has 0 saturated heterocycles. The molecule has 0 aliphatic rings. The lowest BCUT2D eigenvalue weighted by Gasteiger charge is -2.08. The van der Waals surface area contributed by atoms with Gasteiger partial charge in [0.2, 0.25) is 0 Å². The van der Waals surface area contributed by atoms with E-state index in [1.807, 2.05) is 0 Å². The molecule has 0 atom stereocenters. The number of pyridine rings is 1. The summed E-state index contributed by atoms with van der Waals surface area (Å²) >= 11 is 2.85. The lowest BCUT2D eigenvalue weighted by molar-refractivity contribution is 0.0695. The first kappa shape index (κ1) is 11.0. The number of hydrogen-bond donors (Lipinski definition) is 1. The second-order valence-electron chi connectivity index (χ2n) is 2.61. The van der Waals surface area contributed by atoms with Crippen LogP contribution in [-0.2, 0) is 0 Å². The summed E-state index contributed by atoms with van der Waals surface area (Å²) in [7, 11) is 0. The summed E-state index contributed by atoms with van der Waals surface area (Å²) in [4.78, 5) is 14.1. The lowest BCUT2D eigenvalue weighted by Crippen LogP contribution is -2.05. The van der Waals surface area contributed by atoms with Crippen molar-refractivity contribution in [3.8, 4) is 0 Å². The average molecular weight is 266 g/mol. The molecule has 6 heteroatoms. The Morgan fingerprint density at radius 2 is 2.21 bits per heavy atom. The van der Waals surface area contributed by atoms with Crippen LogP contribution in [-0.4, -0.2) is 16.1 Å². The average Bonchev–Trinajstić information content (AvgIpc) is 2.02. The standard InChI is InChI=1S/C8H6BrF2NO2/c1-3-4(8(13)14)2-12-6(9)5(3)7(10)11/h2,7H,1H3,(H,13,14). The number of nitrogens with zero attached hydrogens (tertiary/aromatic N) is 1. The summed E-state index contributed by atoms with van der Waals surface area (Å²) in [5.41, 5.74) is -0.539. The van der Waals surface area contributed by atoms with Crippen molar-refractivity contribution in [3.05, 3.63) is 27.5 Å². The molecule has 0 aliphatic carbocycles. The van der Waals surface area contributed by atoms with Crippen LogP contribution in [0.5, 0.6) is 0 Å². The minimum atomic E-state index is -2.74. The molecule has 1 aromatic rings. The van der Waals surface area contributed by atoms with Crippen molar-refractivity contribution < 1.29 is 18.7 Å². The summed E-state index contributed by atoms with van der Waals surface area (Å²) in [5.74, 6) is -1.26. The predicted molar refractivity (Wildman–Crippen MR) is 48.6 cm³/mol. The van der Waals surface area contributed by atoms with Crippen molar-refractivity contribution in [2.45, 2.75) is 13.3 Å². The number of aromatic nitrogens is 1. The van der Waals surface area contributed by atoms with Crippen LogP contribution in [0.1, 0.15) is 27.9 Å². The normalized spacial score (nSPS) is 10.6. The zero-order chi connectivity index (χ0) is 10.9. The molecule has 0 fully saturated rings. The maximum atomic E-state index is 12.5. The Bertz CT molecular complexity index is 382. The van der Waals surface area contributed by atoms with Crippen molar-refractivity contribution in [2.75, 3.05) is 0 Å². The minimum absolute atomic E-state index is 0.0185. The van der Waals surface area contributed by atoms with Gasteiger partial charge in [0.05, 0.1) is 11.1 Å². The van der Waals surface area contributed by atoms with Crippen LogP contribution in [0.25, 0.3) is 0 Å². The number of aromatic carboxylic acids is 1. The minimum Gasteiger partial charge on any atom is -0.478 e. The molecular formula is C8H6BrF2NO2. The van der Waals surface area contributed by atoms with E-state index in [0.29, 0.717) is 0 Å². The zero-order valence-electron chi connectivity index (χ0n) is 7.09. The van der Waals surface area contributed by atoms with Crippen LogP contribution in [0, 0.1) is 6.92 Å². The Labute approximate surface area is 86.9 Å². The van der Waals surface area contributed by atoms with E-state index < -0.39 is 12.4 Å². The van der Waals surface area contributed by atoms with E-state index in [9.17, 15) is 13.6 Å². The number of carbonyl (C=O) groups is 1. The fourth-order valence-electron chi connectivity index (χ4n) is 1.06. The summed E-state index contributed by atoms with van der Waals surface area (Å²) in [6.45, 7) is 1.33. The van der Waals surface area contributed by atoms with E-state index >= 15 is 0 Å². The fourth-order valence-corrected chi connectivity index (χ4v) is 1.63. The maximum absolute atomic E-state index is 12.5. The number of hydrogen-bond acceptors (Lipinski definition) is 2. The van der Waals surface area contributed by atoms with Gasteiger partial charge in [-0.3, -0.25) is 0 Å². The molecule has 3 nitrogen and oxygen atoms in total. The Morgan fingerprint density at radius 3 is 2.64 bits per heavy atom. The van der Waals surface area contributed by atoms with Gasteiger partial charge in [-0.05, 0) is 28.4 Å². The first-order chi connectivity index (χ1) is 6.45. The van der Waals surface area contributed by atoms with Crippen LogP contribution < -0.4 is 0 Å². The van der Waals surface area contributed by atoms with E-state index in [4.69, 9.17) is 5.11 Å². The first-order valence-corrected chi connectivity index (χ1v) is 4.41. The van der Waals surface area contributed by atoms with Gasteiger partial charge in [0, 0.05) is 6.20 Å². The van der Waals surface area contributed by atoms with Gasteiger partial charge < -0.3 is 5.11 Å². The smallest absolute Gasteiger partial charge is 0.337 e. The van der Waals surface area contributed by atoms with Gasteiger partial charge in [-0.25, -0.2) is 18.6 Å². The van der Waals surface area contributed by atoms with Crippen molar-refractivity contribution in [1.82, 2.24) is 4.98 Å². The molecule has 14 heavy (non-hydrogen) atoms. The van der Waals surface area contributed by atoms with Gasteiger partial charge in [-0.1, -0.05) is 0 Å². The highest BCUT2D eigenvalue weighted by Gasteiger charge is 2.20. The third-order valence-corrected chi connectivity index (χ3v) is 2.42. The molecule has 1 rings (SSSR count). The number of halogens is 3. The van der Waals surface area contributed by atoms with Gasteiger partial charge in [0.25, 0.3) is 6.43 Å². The Hall–Kier alpha value is -1.04. The third-order valence-electron chi connectivity index (χ3n) is 1.79. The zero-order valence-corrected chi connectivity index (χ0v) is 8.68. The van der Waals surface area contributed by atoms with Crippen LogP contribution in [0.2, 0.25) is 0 Å². The number of rotatable bonds is 2. The molecule has 0 bridgehead atoms. The molecule has 0 saturated carbocycles. The van der Waals surface area contributed by atoms with Crippen LogP contribution in [0.3, 0.4) is 0 Å². The van der Waals surface area contributed by atoms with Gasteiger partial charge in [-0.15, -0.1) is 0 Å². The summed E-state index contributed by atoms with van der Waals surface area (Å²) < 4.78 is 24.9. The van der Waals surface area contributed by atoms with Crippen molar-refractivity contribution in [1.29, 1.82) is 0 Å². The van der Waals surface area contributed by atoms with Gasteiger partial charge >= 0.3 is 5.97 Å². The Balaban J connectivity index is 3.41. The van der Waals surface area contributed by atoms with E-state index in [1.54, 1.807) is 0 Å². The molecule has 0 unspecified atom stereocenters. The highest BCUT2D eigenvalue weighted by atomic mass is 79.9. The Morgan fingerprint density at radius 1 is 1.64 bits per heavy atom. The second kappa shape index (κ2) is 4.00. The highest BCUT2D eigenvalue weighted by Crippen LogP contribution is 2.30. The number of carboxylic acids is 1. The SMILES string of the molecule is Cc1c(C(=O)O)cnc(Br)c1C(F)F. The van der Waals surface area contributed by atoms with Crippen molar-refractivity contribution in [2.24, 2.45) is 0 Å². The molecule has 0 aromatic carbocycles. The summed E-state index contributed by atoms with van der Waals surface area (Å²) in [6, 6.07) is 0. The topological polar surface area (TPSA) is 50.2 Å². The monoisotopic (exact) mass is 265 g/mol. The fraction of sp³-hybridized carbons (Fsp3) is 0.250. The summed E-state index contributed by atoms with van der Waals surface area (Å²) in [5, 5.41) is 8.66. The Kier molecular flexibility index (Phi) is 3.15. The molecule has 0 aliphatic heterocycles. The molecule has 76 valence electrons. The van der Waals surface area contributed by atoms with Crippen molar-refractivity contribution in [3.63, 3.8) is 0 Å². The molecule has 0 spiro atoms. The van der Waals surface area contributed by atoms with Gasteiger partial charge in [0.1, 0.15) is 4.60 Å². The lowest BCUT2D eigenvalue weighted by atomic mass is 10.1. The third kappa shape index (κ3) is 1.89. The van der Waals surface area contributed by atoms with E-state index in [-0.39, 0.29) is 21.3 Å². The number of alkyl halides is 2. The highest BCUT2D eigenvalue weighted by molar-refractivity contribution is 9.10. The first-order valence-electron chi connectivity index (χ1n) is 3.61. The molecular weight excluding hydrogens is 260 g/mol. The van der Waals surface area contributed by atoms with Gasteiger partial charge in [-0.2, -0.15) is 0 Å². The van der Waals surface area contributed by atoms with Crippen LogP contribution in [0.15, 0.2) is 10.8 Å². The van der Waals surface area contributed by atoms with Crippen LogP contribution >= 0.6 is 15.9 Å².